The molecule has 3 aliphatic heterocycles. The Kier molecular flexibility index (Phi) is 5.44. The quantitative estimate of drug-likeness (QED) is 0.779. The van der Waals surface area contributed by atoms with Crippen LogP contribution in [0.1, 0.15) is 33.1 Å². The molecule has 3 atom stereocenters. The standard InChI is InChI=1S/C17H25F3N2O5/c1-15(2)14(24)21-16(27-15)4-3-5-22(10-16)13(23)12(17(18,19)20)8-11-9-25-6-7-26-11/h11-12H,3-10H2,1-2H3,(H,21,24). The SMILES string of the molecule is CC1(C)OC2(CCCN(C(=O)C(CC3COCCO3)C(F)(F)F)C2)NC1=O. The van der Waals surface area contributed by atoms with Gasteiger partial charge in [-0.15, -0.1) is 0 Å². The van der Waals surface area contributed by atoms with Gasteiger partial charge < -0.3 is 24.4 Å². The number of alkyl halides is 3. The second-order valence-corrected chi connectivity index (χ2v) is 7.82. The Morgan fingerprint density at radius 3 is 2.67 bits per heavy atom. The first-order valence-corrected chi connectivity index (χ1v) is 9.10. The fourth-order valence-electron chi connectivity index (χ4n) is 3.84. The molecule has 154 valence electrons. The van der Waals surface area contributed by atoms with Gasteiger partial charge in [0.2, 0.25) is 5.91 Å². The van der Waals surface area contributed by atoms with E-state index in [9.17, 15) is 22.8 Å². The van der Waals surface area contributed by atoms with E-state index in [2.05, 4.69) is 5.32 Å². The van der Waals surface area contributed by atoms with Gasteiger partial charge in [0, 0.05) is 6.54 Å². The summed E-state index contributed by atoms with van der Waals surface area (Å²) in [5.41, 5.74) is -2.21. The molecule has 2 amide bonds. The van der Waals surface area contributed by atoms with Gasteiger partial charge in [-0.3, -0.25) is 9.59 Å². The zero-order valence-corrected chi connectivity index (χ0v) is 15.4. The zero-order valence-electron chi connectivity index (χ0n) is 15.4. The first kappa shape index (κ1) is 20.3. The number of likely N-dealkylation sites (tertiary alicyclic amines) is 1. The number of carbonyl (C=O) groups excluding carboxylic acids is 2. The molecule has 7 nitrogen and oxygen atoms in total. The average Bonchev–Trinajstić information content (AvgIpc) is 2.80. The molecule has 0 radical (unpaired) electrons. The lowest BCUT2D eigenvalue weighted by Gasteiger charge is -2.41. The maximum Gasteiger partial charge on any atom is 0.400 e. The number of hydrogen-bond donors (Lipinski definition) is 1. The summed E-state index contributed by atoms with van der Waals surface area (Å²) < 4.78 is 57.0. The van der Waals surface area contributed by atoms with Crippen molar-refractivity contribution >= 4 is 11.8 Å². The van der Waals surface area contributed by atoms with Crippen LogP contribution >= 0.6 is 0 Å². The summed E-state index contributed by atoms with van der Waals surface area (Å²) in [6, 6.07) is 0. The van der Waals surface area contributed by atoms with E-state index in [1.807, 2.05) is 0 Å². The summed E-state index contributed by atoms with van der Waals surface area (Å²) in [6.45, 7) is 3.86. The van der Waals surface area contributed by atoms with Crippen LogP contribution in [0, 0.1) is 5.92 Å². The van der Waals surface area contributed by atoms with E-state index >= 15 is 0 Å². The van der Waals surface area contributed by atoms with Crippen LogP contribution in [0.25, 0.3) is 0 Å². The highest BCUT2D eigenvalue weighted by atomic mass is 19.4. The molecule has 27 heavy (non-hydrogen) atoms. The van der Waals surface area contributed by atoms with Crippen LogP contribution in [0.5, 0.6) is 0 Å². The first-order valence-electron chi connectivity index (χ1n) is 9.10. The number of carbonyl (C=O) groups is 2. The molecule has 10 heteroatoms. The Hall–Kier alpha value is -1.39. The second-order valence-electron chi connectivity index (χ2n) is 7.82. The first-order chi connectivity index (χ1) is 12.5. The van der Waals surface area contributed by atoms with Crippen molar-refractivity contribution in [3.8, 4) is 0 Å². The lowest BCUT2D eigenvalue weighted by atomic mass is 9.95. The van der Waals surface area contributed by atoms with Gasteiger partial charge >= 0.3 is 6.18 Å². The van der Waals surface area contributed by atoms with Gasteiger partial charge in [0.05, 0.1) is 32.5 Å². The topological polar surface area (TPSA) is 77.1 Å². The van der Waals surface area contributed by atoms with E-state index < -0.39 is 41.9 Å². The van der Waals surface area contributed by atoms with Crippen LogP contribution in [-0.4, -0.2) is 73.2 Å². The Bertz CT molecular complexity index is 592. The van der Waals surface area contributed by atoms with Crippen LogP contribution < -0.4 is 5.32 Å². The van der Waals surface area contributed by atoms with Crippen LogP contribution in [0.3, 0.4) is 0 Å². The van der Waals surface area contributed by atoms with Crippen molar-refractivity contribution in [1.82, 2.24) is 10.2 Å². The molecule has 0 aromatic heterocycles. The normalized spacial score (nSPS) is 32.4. The van der Waals surface area contributed by atoms with Gasteiger partial charge in [-0.25, -0.2) is 0 Å². The van der Waals surface area contributed by atoms with Gasteiger partial charge in [-0.2, -0.15) is 13.2 Å². The van der Waals surface area contributed by atoms with E-state index in [4.69, 9.17) is 14.2 Å². The van der Waals surface area contributed by atoms with Crippen LogP contribution in [-0.2, 0) is 23.8 Å². The molecule has 0 aromatic carbocycles. The summed E-state index contributed by atoms with van der Waals surface area (Å²) in [7, 11) is 0. The summed E-state index contributed by atoms with van der Waals surface area (Å²) >= 11 is 0. The Labute approximate surface area is 155 Å². The third-order valence-corrected chi connectivity index (χ3v) is 5.18. The van der Waals surface area contributed by atoms with Gasteiger partial charge in [-0.05, 0) is 33.1 Å². The summed E-state index contributed by atoms with van der Waals surface area (Å²) in [4.78, 5) is 25.9. The van der Waals surface area contributed by atoms with E-state index in [0.29, 0.717) is 19.4 Å². The van der Waals surface area contributed by atoms with Crippen molar-refractivity contribution in [2.45, 2.75) is 56.7 Å². The Morgan fingerprint density at radius 1 is 1.37 bits per heavy atom. The largest absolute Gasteiger partial charge is 0.400 e. The number of amides is 2. The molecular formula is C17H25F3N2O5. The van der Waals surface area contributed by atoms with Crippen molar-refractivity contribution in [3.63, 3.8) is 0 Å². The molecule has 0 aromatic rings. The summed E-state index contributed by atoms with van der Waals surface area (Å²) in [6.07, 6.45) is -5.06. The van der Waals surface area contributed by atoms with Gasteiger partial charge in [0.15, 0.2) is 5.72 Å². The zero-order chi connectivity index (χ0) is 19.9. The highest BCUT2D eigenvalue weighted by Gasteiger charge is 2.54. The number of piperidine rings is 1. The van der Waals surface area contributed by atoms with E-state index in [1.54, 1.807) is 13.8 Å². The van der Waals surface area contributed by atoms with Crippen molar-refractivity contribution in [3.05, 3.63) is 0 Å². The minimum atomic E-state index is -4.69. The van der Waals surface area contributed by atoms with Crippen LogP contribution in [0.2, 0.25) is 0 Å². The molecule has 1 N–H and O–H groups in total. The molecule has 3 heterocycles. The van der Waals surface area contributed by atoms with Crippen molar-refractivity contribution in [2.75, 3.05) is 32.9 Å². The number of ether oxygens (including phenoxy) is 3. The molecule has 3 unspecified atom stereocenters. The van der Waals surface area contributed by atoms with Crippen molar-refractivity contribution < 1.29 is 37.0 Å². The second kappa shape index (κ2) is 7.21. The molecule has 3 rings (SSSR count). The lowest BCUT2D eigenvalue weighted by molar-refractivity contribution is -0.205. The van der Waals surface area contributed by atoms with E-state index in [1.165, 1.54) is 0 Å². The maximum absolute atomic E-state index is 13.6. The predicted molar refractivity (Wildman–Crippen MR) is 86.6 cm³/mol. The summed E-state index contributed by atoms with van der Waals surface area (Å²) in [5.74, 6) is -3.53. The average molecular weight is 394 g/mol. The molecule has 3 saturated heterocycles. The number of rotatable bonds is 3. The van der Waals surface area contributed by atoms with Crippen LogP contribution in [0.15, 0.2) is 0 Å². The molecular weight excluding hydrogens is 369 g/mol. The number of hydrogen-bond acceptors (Lipinski definition) is 5. The number of halogens is 3. The third-order valence-electron chi connectivity index (χ3n) is 5.18. The predicted octanol–water partition coefficient (Wildman–Crippen LogP) is 1.21. The maximum atomic E-state index is 13.6. The Balaban J connectivity index is 1.72. The van der Waals surface area contributed by atoms with Crippen LogP contribution in [0.4, 0.5) is 13.2 Å². The Morgan fingerprint density at radius 2 is 2.11 bits per heavy atom. The van der Waals surface area contributed by atoms with Crippen molar-refractivity contribution in [1.29, 1.82) is 0 Å². The molecule has 0 aliphatic carbocycles. The molecule has 0 bridgehead atoms. The fourth-order valence-corrected chi connectivity index (χ4v) is 3.84. The lowest BCUT2D eigenvalue weighted by Crippen LogP contribution is -2.59. The minimum absolute atomic E-state index is 0.0388. The number of nitrogens with one attached hydrogen (secondary N) is 1. The highest BCUT2D eigenvalue weighted by molar-refractivity contribution is 5.87. The monoisotopic (exact) mass is 394 g/mol. The fraction of sp³-hybridized carbons (Fsp3) is 0.882. The van der Waals surface area contributed by atoms with E-state index in [-0.39, 0.29) is 32.2 Å². The molecule has 3 aliphatic rings. The number of nitrogens with zero attached hydrogens (tertiary/aromatic N) is 1. The van der Waals surface area contributed by atoms with Crippen molar-refractivity contribution in [2.24, 2.45) is 5.92 Å². The van der Waals surface area contributed by atoms with E-state index in [0.717, 1.165) is 4.90 Å². The third kappa shape index (κ3) is 4.38. The molecule has 1 spiro atoms. The van der Waals surface area contributed by atoms with Gasteiger partial charge in [0.25, 0.3) is 5.91 Å². The summed E-state index contributed by atoms with van der Waals surface area (Å²) in [5, 5.41) is 2.72. The minimum Gasteiger partial charge on any atom is -0.376 e. The smallest absolute Gasteiger partial charge is 0.376 e. The molecule has 3 fully saturated rings. The van der Waals surface area contributed by atoms with Gasteiger partial charge in [0.1, 0.15) is 11.5 Å². The molecule has 0 saturated carbocycles. The highest BCUT2D eigenvalue weighted by Crippen LogP contribution is 2.37. The van der Waals surface area contributed by atoms with Gasteiger partial charge in [-0.1, -0.05) is 0 Å².